The van der Waals surface area contributed by atoms with Crippen LogP contribution in [0.1, 0.15) is 24.8 Å². The maximum absolute atomic E-state index is 13.8. The Morgan fingerprint density at radius 3 is 2.33 bits per heavy atom. The molecule has 3 atom stereocenters. The maximum atomic E-state index is 13.8. The molecule has 4 rings (SSSR count). The summed E-state index contributed by atoms with van der Waals surface area (Å²) < 4.78 is 19.6. The summed E-state index contributed by atoms with van der Waals surface area (Å²) in [4.78, 5) is 24.8. The molecule has 1 saturated heterocycles. The molecule has 3 amide bonds. The fourth-order valence-corrected chi connectivity index (χ4v) is 4.26. The number of halogens is 1. The molecular weight excluding hydrogens is 461 g/mol. The van der Waals surface area contributed by atoms with Crippen molar-refractivity contribution in [2.45, 2.75) is 44.1 Å². The minimum absolute atomic E-state index is 0.0662. The van der Waals surface area contributed by atoms with Crippen LogP contribution in [-0.4, -0.2) is 41.9 Å². The SMILES string of the molecule is O=C(C[C@H]1CC[C@@H](NC(=O)Nc2ccccc2F)[C@@H](CO)O1)NCc1ccc(-c2ccccc2)cc1. The molecule has 0 spiro atoms. The smallest absolute Gasteiger partial charge is 0.319 e. The number of anilines is 1. The number of aliphatic hydroxyl groups excluding tert-OH is 1. The van der Waals surface area contributed by atoms with Crippen molar-refractivity contribution in [1.29, 1.82) is 0 Å². The highest BCUT2D eigenvalue weighted by atomic mass is 19.1. The van der Waals surface area contributed by atoms with Gasteiger partial charge < -0.3 is 25.8 Å². The fraction of sp³-hybridized carbons (Fsp3) is 0.286. The monoisotopic (exact) mass is 491 g/mol. The first-order valence-electron chi connectivity index (χ1n) is 12.0. The standard InChI is InChI=1S/C28H30FN3O4/c29-23-8-4-5-9-24(23)31-28(35)32-25-15-14-22(36-26(25)18-33)16-27(34)30-17-19-10-12-21(13-11-19)20-6-2-1-3-7-20/h1-13,22,25-26,33H,14-18H2,(H,30,34)(H2,31,32,35)/t22-,25-,26-/m1/s1. The number of amides is 3. The highest BCUT2D eigenvalue weighted by molar-refractivity contribution is 5.89. The molecular formula is C28H30FN3O4. The van der Waals surface area contributed by atoms with E-state index in [1.807, 2.05) is 42.5 Å². The normalized spacial score (nSPS) is 19.3. The van der Waals surface area contributed by atoms with Crippen LogP contribution in [0.4, 0.5) is 14.9 Å². The first-order chi connectivity index (χ1) is 17.5. The molecule has 8 heteroatoms. The van der Waals surface area contributed by atoms with Crippen LogP contribution in [-0.2, 0) is 16.1 Å². The first-order valence-corrected chi connectivity index (χ1v) is 12.0. The van der Waals surface area contributed by atoms with Gasteiger partial charge in [-0.15, -0.1) is 0 Å². The van der Waals surface area contributed by atoms with E-state index in [-0.39, 0.29) is 30.7 Å². The number of benzene rings is 3. The minimum atomic E-state index is -0.659. The van der Waals surface area contributed by atoms with Crippen molar-refractivity contribution in [1.82, 2.24) is 10.6 Å². The van der Waals surface area contributed by atoms with Crippen LogP contribution in [0.25, 0.3) is 11.1 Å². The van der Waals surface area contributed by atoms with Crippen LogP contribution < -0.4 is 16.0 Å². The Morgan fingerprint density at radius 2 is 1.61 bits per heavy atom. The number of carbonyl (C=O) groups excluding carboxylic acids is 2. The molecule has 1 fully saturated rings. The third kappa shape index (κ3) is 6.90. The summed E-state index contributed by atoms with van der Waals surface area (Å²) in [6.07, 6.45) is 0.200. The molecule has 0 radical (unpaired) electrons. The van der Waals surface area contributed by atoms with E-state index in [2.05, 4.69) is 28.1 Å². The summed E-state index contributed by atoms with van der Waals surface area (Å²) in [6.45, 7) is 0.0982. The third-order valence-electron chi connectivity index (χ3n) is 6.20. The quantitative estimate of drug-likeness (QED) is 0.379. The number of hydrogen-bond donors (Lipinski definition) is 4. The van der Waals surface area contributed by atoms with Crippen LogP contribution >= 0.6 is 0 Å². The largest absolute Gasteiger partial charge is 0.394 e. The van der Waals surface area contributed by atoms with Crippen LogP contribution in [0.5, 0.6) is 0 Å². The molecule has 0 aliphatic carbocycles. The zero-order valence-corrected chi connectivity index (χ0v) is 19.8. The summed E-state index contributed by atoms with van der Waals surface area (Å²) in [5, 5.41) is 17.9. The lowest BCUT2D eigenvalue weighted by atomic mass is 9.97. The second-order valence-corrected chi connectivity index (χ2v) is 8.79. The predicted octanol–water partition coefficient (Wildman–Crippen LogP) is 4.23. The van der Waals surface area contributed by atoms with Crippen molar-refractivity contribution in [2.75, 3.05) is 11.9 Å². The van der Waals surface area contributed by atoms with Gasteiger partial charge in [-0.05, 0) is 41.7 Å². The Morgan fingerprint density at radius 1 is 0.917 bits per heavy atom. The maximum Gasteiger partial charge on any atom is 0.319 e. The van der Waals surface area contributed by atoms with Gasteiger partial charge >= 0.3 is 6.03 Å². The average Bonchev–Trinajstić information content (AvgIpc) is 2.90. The summed E-state index contributed by atoms with van der Waals surface area (Å²) in [7, 11) is 0. The molecule has 36 heavy (non-hydrogen) atoms. The van der Waals surface area contributed by atoms with E-state index in [4.69, 9.17) is 4.74 Å². The van der Waals surface area contributed by atoms with E-state index in [1.54, 1.807) is 6.07 Å². The molecule has 1 aliphatic rings. The molecule has 1 aliphatic heterocycles. The van der Waals surface area contributed by atoms with Gasteiger partial charge in [0.2, 0.25) is 5.91 Å². The van der Waals surface area contributed by atoms with E-state index >= 15 is 0 Å². The zero-order chi connectivity index (χ0) is 25.3. The number of aliphatic hydroxyl groups is 1. The number of urea groups is 1. The van der Waals surface area contributed by atoms with Gasteiger partial charge in [0.1, 0.15) is 11.9 Å². The van der Waals surface area contributed by atoms with Crippen LogP contribution in [0.15, 0.2) is 78.9 Å². The Bertz CT molecular complexity index is 1160. The van der Waals surface area contributed by atoms with Gasteiger partial charge in [0.15, 0.2) is 0 Å². The number of hydrogen-bond acceptors (Lipinski definition) is 4. The minimum Gasteiger partial charge on any atom is -0.394 e. The number of carbonyl (C=O) groups is 2. The number of rotatable bonds is 8. The molecule has 0 unspecified atom stereocenters. The van der Waals surface area contributed by atoms with Gasteiger partial charge in [0.25, 0.3) is 0 Å². The van der Waals surface area contributed by atoms with Crippen molar-refractivity contribution in [3.63, 3.8) is 0 Å². The molecule has 4 N–H and O–H groups in total. The van der Waals surface area contributed by atoms with Crippen molar-refractivity contribution < 1.29 is 23.8 Å². The van der Waals surface area contributed by atoms with Gasteiger partial charge in [0.05, 0.1) is 30.9 Å². The molecule has 188 valence electrons. The van der Waals surface area contributed by atoms with Crippen LogP contribution in [0, 0.1) is 5.82 Å². The fourth-order valence-electron chi connectivity index (χ4n) is 4.26. The van der Waals surface area contributed by atoms with E-state index in [9.17, 15) is 19.1 Å². The molecule has 0 aromatic heterocycles. The van der Waals surface area contributed by atoms with Crippen molar-refractivity contribution in [2.24, 2.45) is 0 Å². The van der Waals surface area contributed by atoms with Gasteiger partial charge in [-0.3, -0.25) is 4.79 Å². The predicted molar refractivity (Wildman–Crippen MR) is 136 cm³/mol. The Balaban J connectivity index is 1.22. The highest BCUT2D eigenvalue weighted by Gasteiger charge is 2.33. The number of nitrogens with one attached hydrogen (secondary N) is 3. The van der Waals surface area contributed by atoms with E-state index < -0.39 is 24.0 Å². The topological polar surface area (TPSA) is 99.7 Å². The van der Waals surface area contributed by atoms with Crippen molar-refractivity contribution in [3.05, 3.63) is 90.2 Å². The second kappa shape index (κ2) is 12.3. The van der Waals surface area contributed by atoms with Crippen molar-refractivity contribution in [3.8, 4) is 11.1 Å². The number of para-hydroxylation sites is 1. The first kappa shape index (κ1) is 25.3. The van der Waals surface area contributed by atoms with Crippen LogP contribution in [0.2, 0.25) is 0 Å². The second-order valence-electron chi connectivity index (χ2n) is 8.79. The van der Waals surface area contributed by atoms with E-state index in [0.717, 1.165) is 16.7 Å². The Labute approximate surface area is 209 Å². The van der Waals surface area contributed by atoms with E-state index in [0.29, 0.717) is 19.4 Å². The summed E-state index contributed by atoms with van der Waals surface area (Å²) in [5.41, 5.74) is 3.31. The van der Waals surface area contributed by atoms with Gasteiger partial charge in [-0.25, -0.2) is 9.18 Å². The van der Waals surface area contributed by atoms with Crippen molar-refractivity contribution >= 4 is 17.6 Å². The summed E-state index contributed by atoms with van der Waals surface area (Å²) in [5.74, 6) is -0.683. The zero-order valence-electron chi connectivity index (χ0n) is 19.8. The van der Waals surface area contributed by atoms with Gasteiger partial charge in [-0.1, -0.05) is 66.7 Å². The molecule has 7 nitrogen and oxygen atoms in total. The molecule has 3 aromatic carbocycles. The van der Waals surface area contributed by atoms with E-state index in [1.165, 1.54) is 18.2 Å². The Hall–Kier alpha value is -3.75. The number of ether oxygens (including phenoxy) is 1. The lowest BCUT2D eigenvalue weighted by molar-refractivity contribution is -0.130. The molecule has 3 aromatic rings. The van der Waals surface area contributed by atoms with Gasteiger partial charge in [0, 0.05) is 6.54 Å². The summed E-state index contributed by atoms with van der Waals surface area (Å²) in [6, 6.07) is 23.0. The molecule has 0 bridgehead atoms. The summed E-state index contributed by atoms with van der Waals surface area (Å²) >= 11 is 0. The Kier molecular flexibility index (Phi) is 8.65. The van der Waals surface area contributed by atoms with Crippen LogP contribution in [0.3, 0.4) is 0 Å². The molecule has 0 saturated carbocycles. The third-order valence-corrected chi connectivity index (χ3v) is 6.20. The lowest BCUT2D eigenvalue weighted by Gasteiger charge is -2.35. The average molecular weight is 492 g/mol. The van der Waals surface area contributed by atoms with Gasteiger partial charge in [-0.2, -0.15) is 0 Å². The molecule has 1 heterocycles. The highest BCUT2D eigenvalue weighted by Crippen LogP contribution is 2.23. The lowest BCUT2D eigenvalue weighted by Crippen LogP contribution is -2.52.